The molecule has 2 N–H and O–H groups in total. The molecule has 0 fully saturated rings. The van der Waals surface area contributed by atoms with E-state index in [0.29, 0.717) is 5.69 Å². The van der Waals surface area contributed by atoms with Gasteiger partial charge in [-0.2, -0.15) is 9.82 Å². The number of carbonyl (C=O) groups excluding carboxylic acids is 1. The predicted octanol–water partition coefficient (Wildman–Crippen LogP) is 2.18. The molecule has 0 saturated heterocycles. The van der Waals surface area contributed by atoms with E-state index in [0.717, 1.165) is 11.0 Å². The van der Waals surface area contributed by atoms with Crippen LogP contribution in [0.25, 0.3) is 11.0 Å². The first kappa shape index (κ1) is 19.5. The van der Waals surface area contributed by atoms with Gasteiger partial charge in [-0.1, -0.05) is 12.0 Å². The molecule has 28 heavy (non-hydrogen) atoms. The molecule has 0 unspecified atom stereocenters. The first-order valence-electron chi connectivity index (χ1n) is 8.49. The van der Waals surface area contributed by atoms with Gasteiger partial charge in [0.05, 0.1) is 29.5 Å². The molecule has 2 aromatic heterocycles. The lowest BCUT2D eigenvalue weighted by molar-refractivity contribution is 0.102. The van der Waals surface area contributed by atoms with E-state index in [-0.39, 0.29) is 23.0 Å². The summed E-state index contributed by atoms with van der Waals surface area (Å²) in [6, 6.07) is 7.63. The standard InChI is InChI=1S/C19H19N5O3S/c1-4-8-22-28(26,27)17-7-5-6-14(10-17)19(25)23-16-9-15-11-21-24(13(2)3)18(15)20-12-16/h1,5-7,9-13,22H,8H2,2-3H3,(H,23,25). The van der Waals surface area contributed by atoms with Crippen LogP contribution in [0.4, 0.5) is 5.69 Å². The lowest BCUT2D eigenvalue weighted by atomic mass is 10.2. The van der Waals surface area contributed by atoms with Crippen molar-refractivity contribution in [2.24, 2.45) is 0 Å². The van der Waals surface area contributed by atoms with Crippen molar-refractivity contribution in [3.05, 3.63) is 48.3 Å². The minimum absolute atomic E-state index is 0.0396. The second-order valence-electron chi connectivity index (χ2n) is 6.33. The Balaban J connectivity index is 1.83. The summed E-state index contributed by atoms with van der Waals surface area (Å²) in [4.78, 5) is 16.9. The van der Waals surface area contributed by atoms with E-state index in [1.165, 1.54) is 30.5 Å². The average Bonchev–Trinajstić information content (AvgIpc) is 3.10. The summed E-state index contributed by atoms with van der Waals surface area (Å²) >= 11 is 0. The van der Waals surface area contributed by atoms with Gasteiger partial charge in [-0.25, -0.2) is 18.1 Å². The number of sulfonamides is 1. The van der Waals surface area contributed by atoms with Crippen molar-refractivity contribution < 1.29 is 13.2 Å². The van der Waals surface area contributed by atoms with Gasteiger partial charge in [-0.3, -0.25) is 4.79 Å². The van der Waals surface area contributed by atoms with Gasteiger partial charge < -0.3 is 5.32 Å². The zero-order valence-electron chi connectivity index (χ0n) is 15.4. The number of aromatic nitrogens is 3. The van der Waals surface area contributed by atoms with Crippen molar-refractivity contribution in [1.29, 1.82) is 0 Å². The Labute approximate surface area is 163 Å². The number of hydrogen-bond acceptors (Lipinski definition) is 5. The molecule has 3 rings (SSSR count). The van der Waals surface area contributed by atoms with Gasteiger partial charge in [0.1, 0.15) is 0 Å². The third kappa shape index (κ3) is 4.03. The van der Waals surface area contributed by atoms with Crippen molar-refractivity contribution in [2.45, 2.75) is 24.8 Å². The number of pyridine rings is 1. The van der Waals surface area contributed by atoms with Crippen LogP contribution in [-0.2, 0) is 10.0 Å². The normalized spacial score (nSPS) is 11.5. The second-order valence-corrected chi connectivity index (χ2v) is 8.10. The van der Waals surface area contributed by atoms with E-state index < -0.39 is 15.9 Å². The number of fused-ring (bicyclic) bond motifs is 1. The summed E-state index contributed by atoms with van der Waals surface area (Å²) < 4.78 is 28.4. The molecule has 0 aliphatic rings. The Morgan fingerprint density at radius 2 is 2.07 bits per heavy atom. The topological polar surface area (TPSA) is 106 Å². The Morgan fingerprint density at radius 1 is 1.29 bits per heavy atom. The van der Waals surface area contributed by atoms with Crippen molar-refractivity contribution in [3.63, 3.8) is 0 Å². The minimum Gasteiger partial charge on any atom is -0.321 e. The number of nitrogens with zero attached hydrogens (tertiary/aromatic N) is 3. The van der Waals surface area contributed by atoms with Crippen LogP contribution in [0.1, 0.15) is 30.2 Å². The molecule has 0 spiro atoms. The quantitative estimate of drug-likeness (QED) is 0.620. The summed E-state index contributed by atoms with van der Waals surface area (Å²) in [7, 11) is -3.78. The first-order chi connectivity index (χ1) is 13.3. The van der Waals surface area contributed by atoms with Gasteiger partial charge in [0.25, 0.3) is 5.91 Å². The molecule has 3 aromatic rings. The molecule has 0 atom stereocenters. The van der Waals surface area contributed by atoms with E-state index in [2.05, 4.69) is 26.0 Å². The van der Waals surface area contributed by atoms with Crippen LogP contribution in [0.5, 0.6) is 0 Å². The second kappa shape index (κ2) is 7.80. The lowest BCUT2D eigenvalue weighted by Gasteiger charge is -2.09. The van der Waals surface area contributed by atoms with E-state index in [4.69, 9.17) is 6.42 Å². The molecule has 0 radical (unpaired) electrons. The molecule has 0 bridgehead atoms. The zero-order chi connectivity index (χ0) is 20.3. The van der Waals surface area contributed by atoms with Gasteiger partial charge in [-0.15, -0.1) is 6.42 Å². The fourth-order valence-corrected chi connectivity index (χ4v) is 3.59. The summed E-state index contributed by atoms with van der Waals surface area (Å²) in [5.41, 5.74) is 1.40. The van der Waals surface area contributed by atoms with Gasteiger partial charge in [0.2, 0.25) is 10.0 Å². The Hall–Kier alpha value is -3.22. The monoisotopic (exact) mass is 397 g/mol. The van der Waals surface area contributed by atoms with Crippen LogP contribution in [0.2, 0.25) is 0 Å². The minimum atomic E-state index is -3.78. The van der Waals surface area contributed by atoms with Crippen molar-refractivity contribution in [1.82, 2.24) is 19.5 Å². The number of anilines is 1. The maximum atomic E-state index is 12.5. The highest BCUT2D eigenvalue weighted by Gasteiger charge is 2.16. The fourth-order valence-electron chi connectivity index (χ4n) is 2.61. The Kier molecular flexibility index (Phi) is 5.44. The molecule has 1 aromatic carbocycles. The number of amides is 1. The average molecular weight is 397 g/mol. The maximum absolute atomic E-state index is 12.5. The van der Waals surface area contributed by atoms with E-state index in [1.54, 1.807) is 16.9 Å². The van der Waals surface area contributed by atoms with Crippen LogP contribution in [0.3, 0.4) is 0 Å². The highest BCUT2D eigenvalue weighted by molar-refractivity contribution is 7.89. The maximum Gasteiger partial charge on any atom is 0.255 e. The van der Waals surface area contributed by atoms with Gasteiger partial charge >= 0.3 is 0 Å². The highest BCUT2D eigenvalue weighted by Crippen LogP contribution is 2.20. The van der Waals surface area contributed by atoms with Crippen LogP contribution in [0.15, 0.2) is 47.6 Å². The Bertz CT molecular complexity index is 1180. The van der Waals surface area contributed by atoms with E-state index in [9.17, 15) is 13.2 Å². The summed E-state index contributed by atoms with van der Waals surface area (Å²) in [5, 5.41) is 7.81. The molecular weight excluding hydrogens is 378 g/mol. The number of rotatable bonds is 6. The SMILES string of the molecule is C#CCNS(=O)(=O)c1cccc(C(=O)Nc2cnc3c(cnn3C(C)C)c2)c1. The molecule has 0 aliphatic carbocycles. The number of benzene rings is 1. The number of carbonyl (C=O) groups is 1. The lowest BCUT2D eigenvalue weighted by Crippen LogP contribution is -2.24. The molecule has 0 saturated carbocycles. The number of terminal acetylenes is 1. The van der Waals surface area contributed by atoms with Crippen molar-refractivity contribution >= 4 is 32.7 Å². The van der Waals surface area contributed by atoms with Crippen LogP contribution >= 0.6 is 0 Å². The van der Waals surface area contributed by atoms with E-state index >= 15 is 0 Å². The zero-order valence-corrected chi connectivity index (χ0v) is 16.2. The number of hydrogen-bond donors (Lipinski definition) is 2. The van der Waals surface area contributed by atoms with Crippen molar-refractivity contribution in [3.8, 4) is 12.3 Å². The predicted molar refractivity (Wildman–Crippen MR) is 106 cm³/mol. The first-order valence-corrected chi connectivity index (χ1v) is 9.98. The molecule has 1 amide bonds. The summed E-state index contributed by atoms with van der Waals surface area (Å²) in [6.07, 6.45) is 8.30. The molecular formula is C19H19N5O3S. The van der Waals surface area contributed by atoms with Gasteiger partial charge in [0, 0.05) is 17.0 Å². The largest absolute Gasteiger partial charge is 0.321 e. The van der Waals surface area contributed by atoms with Crippen molar-refractivity contribution in [2.75, 3.05) is 11.9 Å². The van der Waals surface area contributed by atoms with Gasteiger partial charge in [0.15, 0.2) is 5.65 Å². The Morgan fingerprint density at radius 3 is 2.79 bits per heavy atom. The molecule has 9 heteroatoms. The number of nitrogens with one attached hydrogen (secondary N) is 2. The fraction of sp³-hybridized carbons (Fsp3) is 0.211. The smallest absolute Gasteiger partial charge is 0.255 e. The van der Waals surface area contributed by atoms with Gasteiger partial charge in [-0.05, 0) is 38.1 Å². The molecule has 0 aliphatic heterocycles. The third-order valence-corrected chi connectivity index (χ3v) is 5.35. The van der Waals surface area contributed by atoms with Crippen LogP contribution in [0, 0.1) is 12.3 Å². The molecule has 2 heterocycles. The van der Waals surface area contributed by atoms with E-state index in [1.807, 2.05) is 13.8 Å². The third-order valence-electron chi connectivity index (χ3n) is 3.95. The van der Waals surface area contributed by atoms with Crippen LogP contribution in [-0.4, -0.2) is 35.6 Å². The molecule has 8 nitrogen and oxygen atoms in total. The summed E-state index contributed by atoms with van der Waals surface area (Å²) in [5.74, 6) is 1.75. The highest BCUT2D eigenvalue weighted by atomic mass is 32.2. The molecule has 144 valence electrons. The summed E-state index contributed by atoms with van der Waals surface area (Å²) in [6.45, 7) is 3.88. The van der Waals surface area contributed by atoms with Crippen LogP contribution < -0.4 is 10.0 Å².